The second-order valence-corrected chi connectivity index (χ2v) is 6.57. The van der Waals surface area contributed by atoms with E-state index in [0.717, 1.165) is 12.8 Å². The zero-order chi connectivity index (χ0) is 16.1. The zero-order valence-corrected chi connectivity index (χ0v) is 13.5. The van der Waals surface area contributed by atoms with Crippen LogP contribution < -0.4 is 0 Å². The van der Waals surface area contributed by atoms with Gasteiger partial charge in [-0.1, -0.05) is 0 Å². The molecule has 0 aromatic rings. The van der Waals surface area contributed by atoms with Crippen molar-refractivity contribution in [3.05, 3.63) is 0 Å². The predicted molar refractivity (Wildman–Crippen MR) is 81.4 cm³/mol. The van der Waals surface area contributed by atoms with Crippen molar-refractivity contribution >= 4 is 29.5 Å². The van der Waals surface area contributed by atoms with Crippen LogP contribution in [0, 0.1) is 0 Å². The van der Waals surface area contributed by atoms with Gasteiger partial charge in [-0.3, -0.25) is 14.4 Å². The van der Waals surface area contributed by atoms with Crippen LogP contribution in [0.25, 0.3) is 0 Å². The van der Waals surface area contributed by atoms with Gasteiger partial charge in [-0.2, -0.15) is 0 Å². The topological polar surface area (TPSA) is 87.2 Å². The van der Waals surface area contributed by atoms with E-state index >= 15 is 0 Å². The maximum atomic E-state index is 12.7. The second-order valence-electron chi connectivity index (χ2n) is 5.57. The molecule has 2 aliphatic rings. The molecule has 124 valence electrons. The number of carboxylic acids is 1. The van der Waals surface area contributed by atoms with Crippen molar-refractivity contribution < 1.29 is 24.2 Å². The van der Waals surface area contributed by atoms with Crippen LogP contribution in [0.4, 0.5) is 0 Å². The third-order valence-corrected chi connectivity index (χ3v) is 4.94. The molecule has 2 amide bonds. The molecular weight excluding hydrogens is 308 g/mol. The Morgan fingerprint density at radius 1 is 1.41 bits per heavy atom. The molecule has 7 nitrogen and oxygen atoms in total. The Morgan fingerprint density at radius 3 is 2.77 bits per heavy atom. The smallest absolute Gasteiger partial charge is 0.305 e. The maximum absolute atomic E-state index is 12.7. The molecule has 22 heavy (non-hydrogen) atoms. The molecule has 8 heteroatoms. The first-order chi connectivity index (χ1) is 10.5. The molecule has 0 aromatic carbocycles. The Morgan fingerprint density at radius 2 is 2.18 bits per heavy atom. The third kappa shape index (κ3) is 4.36. The first-order valence-electron chi connectivity index (χ1n) is 7.46. The summed E-state index contributed by atoms with van der Waals surface area (Å²) < 4.78 is 5.55. The molecule has 2 saturated heterocycles. The van der Waals surface area contributed by atoms with Crippen molar-refractivity contribution in [2.24, 2.45) is 0 Å². The summed E-state index contributed by atoms with van der Waals surface area (Å²) in [6.07, 6.45) is 1.72. The molecule has 2 atom stereocenters. The van der Waals surface area contributed by atoms with Crippen molar-refractivity contribution in [1.29, 1.82) is 0 Å². The predicted octanol–water partition coefficient (Wildman–Crippen LogP) is 0.390. The first kappa shape index (κ1) is 17.1. The zero-order valence-electron chi connectivity index (χ0n) is 12.7. The highest BCUT2D eigenvalue weighted by Crippen LogP contribution is 2.23. The fraction of sp³-hybridized carbons (Fsp3) is 0.786. The van der Waals surface area contributed by atoms with E-state index in [1.54, 1.807) is 21.6 Å². The molecule has 0 unspecified atom stereocenters. The number of rotatable bonds is 6. The van der Waals surface area contributed by atoms with E-state index in [9.17, 15) is 14.4 Å². The quantitative estimate of drug-likeness (QED) is 0.758. The van der Waals surface area contributed by atoms with Crippen LogP contribution in [0.5, 0.6) is 0 Å². The van der Waals surface area contributed by atoms with E-state index in [-0.39, 0.29) is 30.9 Å². The Balaban J connectivity index is 2.03. The third-order valence-electron chi connectivity index (χ3n) is 3.93. The lowest BCUT2D eigenvalue weighted by Gasteiger charge is -2.30. The Kier molecular flexibility index (Phi) is 6.07. The van der Waals surface area contributed by atoms with Crippen LogP contribution in [-0.2, 0) is 19.1 Å². The minimum absolute atomic E-state index is 0.0300. The SMILES string of the molecule is CC(=O)N1CSC[C@@H]1C(=O)N(CCC(=O)O)C[C@H]1CCCO1. The Hall–Kier alpha value is -1.28. The molecule has 0 saturated carbocycles. The second kappa shape index (κ2) is 7.82. The molecule has 2 heterocycles. The Bertz CT molecular complexity index is 439. The van der Waals surface area contributed by atoms with Gasteiger partial charge in [0.25, 0.3) is 0 Å². The minimum Gasteiger partial charge on any atom is -0.481 e. The fourth-order valence-corrected chi connectivity index (χ4v) is 3.93. The van der Waals surface area contributed by atoms with Crippen LogP contribution >= 0.6 is 11.8 Å². The fourth-order valence-electron chi connectivity index (χ4n) is 2.72. The van der Waals surface area contributed by atoms with Crippen LogP contribution in [-0.4, -0.2) is 76.2 Å². The van der Waals surface area contributed by atoms with Gasteiger partial charge in [0.05, 0.1) is 18.4 Å². The maximum Gasteiger partial charge on any atom is 0.305 e. The standard InChI is InChI=1S/C14H22N2O5S/c1-10(17)16-9-22-8-12(16)14(20)15(5-4-13(18)19)7-11-3-2-6-21-11/h11-12H,2-9H2,1H3,(H,18,19)/t11-,12-/m1/s1. The summed E-state index contributed by atoms with van der Waals surface area (Å²) in [7, 11) is 0. The van der Waals surface area contributed by atoms with E-state index in [0.29, 0.717) is 24.8 Å². The van der Waals surface area contributed by atoms with Gasteiger partial charge in [-0.05, 0) is 12.8 Å². The number of ether oxygens (including phenoxy) is 1. The number of hydrogen-bond acceptors (Lipinski definition) is 5. The summed E-state index contributed by atoms with van der Waals surface area (Å²) in [6, 6.07) is -0.488. The largest absolute Gasteiger partial charge is 0.481 e. The minimum atomic E-state index is -0.936. The van der Waals surface area contributed by atoms with Gasteiger partial charge in [0.2, 0.25) is 11.8 Å². The van der Waals surface area contributed by atoms with Gasteiger partial charge in [-0.15, -0.1) is 11.8 Å². The molecule has 1 N–H and O–H groups in total. The highest BCUT2D eigenvalue weighted by molar-refractivity contribution is 7.99. The molecule has 0 aliphatic carbocycles. The molecule has 0 bridgehead atoms. The number of carbonyl (C=O) groups is 3. The lowest BCUT2D eigenvalue weighted by molar-refractivity contribution is -0.145. The normalized spacial score (nSPS) is 24.5. The number of carboxylic acid groups (broad SMARTS) is 1. The summed E-state index contributed by atoms with van der Waals surface area (Å²) in [6.45, 7) is 2.69. The summed E-state index contributed by atoms with van der Waals surface area (Å²) in [5.41, 5.74) is 0. The van der Waals surface area contributed by atoms with Crippen LogP contribution in [0.2, 0.25) is 0 Å². The van der Waals surface area contributed by atoms with Crippen molar-refractivity contribution in [1.82, 2.24) is 9.80 Å². The Labute approximate surface area is 134 Å². The molecule has 2 fully saturated rings. The molecule has 2 aliphatic heterocycles. The van der Waals surface area contributed by atoms with Crippen LogP contribution in [0.15, 0.2) is 0 Å². The molecular formula is C14H22N2O5S. The van der Waals surface area contributed by atoms with Crippen LogP contribution in [0.3, 0.4) is 0 Å². The number of hydrogen-bond donors (Lipinski definition) is 1. The average Bonchev–Trinajstić information content (AvgIpc) is 3.13. The highest BCUT2D eigenvalue weighted by atomic mass is 32.2. The van der Waals surface area contributed by atoms with Crippen molar-refractivity contribution in [3.8, 4) is 0 Å². The van der Waals surface area contributed by atoms with Crippen molar-refractivity contribution in [2.75, 3.05) is 31.3 Å². The number of aliphatic carboxylic acids is 1. The lowest BCUT2D eigenvalue weighted by atomic mass is 10.2. The van der Waals surface area contributed by atoms with E-state index in [1.807, 2.05) is 0 Å². The van der Waals surface area contributed by atoms with E-state index in [2.05, 4.69) is 0 Å². The molecule has 0 spiro atoms. The highest BCUT2D eigenvalue weighted by Gasteiger charge is 2.36. The van der Waals surface area contributed by atoms with Gasteiger partial charge in [0.15, 0.2) is 0 Å². The van der Waals surface area contributed by atoms with Gasteiger partial charge in [0, 0.05) is 32.4 Å². The number of carbonyl (C=O) groups excluding carboxylic acids is 2. The van der Waals surface area contributed by atoms with Crippen molar-refractivity contribution in [2.45, 2.75) is 38.3 Å². The summed E-state index contributed by atoms with van der Waals surface area (Å²) in [5.74, 6) is -0.156. The van der Waals surface area contributed by atoms with E-state index in [1.165, 1.54) is 6.92 Å². The summed E-state index contributed by atoms with van der Waals surface area (Å²) >= 11 is 1.54. The van der Waals surface area contributed by atoms with Gasteiger partial charge >= 0.3 is 5.97 Å². The summed E-state index contributed by atoms with van der Waals surface area (Å²) in [5, 5.41) is 8.87. The lowest BCUT2D eigenvalue weighted by Crippen LogP contribution is -2.50. The van der Waals surface area contributed by atoms with E-state index in [4.69, 9.17) is 9.84 Å². The molecule has 0 aromatic heterocycles. The van der Waals surface area contributed by atoms with E-state index < -0.39 is 12.0 Å². The van der Waals surface area contributed by atoms with Gasteiger partial charge in [-0.25, -0.2) is 0 Å². The average molecular weight is 330 g/mol. The number of amides is 2. The van der Waals surface area contributed by atoms with Crippen molar-refractivity contribution in [3.63, 3.8) is 0 Å². The summed E-state index contributed by atoms with van der Waals surface area (Å²) in [4.78, 5) is 38.3. The van der Waals surface area contributed by atoms with Gasteiger partial charge < -0.3 is 19.6 Å². The van der Waals surface area contributed by atoms with Gasteiger partial charge in [0.1, 0.15) is 6.04 Å². The van der Waals surface area contributed by atoms with Crippen LogP contribution in [0.1, 0.15) is 26.2 Å². The number of nitrogens with zero attached hydrogens (tertiary/aromatic N) is 2. The molecule has 2 rings (SSSR count). The monoisotopic (exact) mass is 330 g/mol. The first-order valence-corrected chi connectivity index (χ1v) is 8.61. The number of thioether (sulfide) groups is 1. The molecule has 0 radical (unpaired) electrons.